The molecule has 2 amide bonds. The lowest BCUT2D eigenvalue weighted by atomic mass is 10.1. The summed E-state index contributed by atoms with van der Waals surface area (Å²) in [4.78, 5) is 28.2. The molecular weight excluding hydrogens is 470 g/mol. The number of piperidine rings is 1. The van der Waals surface area contributed by atoms with Gasteiger partial charge in [-0.3, -0.25) is 9.59 Å². The Labute approximate surface area is 203 Å². The molecule has 0 atom stereocenters. The Hall–Kier alpha value is -3.21. The fraction of sp³-hybridized carbons (Fsp3) is 0.360. The first-order valence-electron chi connectivity index (χ1n) is 11.8. The average molecular weight is 498 g/mol. The minimum atomic E-state index is -3.69. The number of nitrogens with zero attached hydrogens (tertiary/aromatic N) is 2. The highest BCUT2D eigenvalue weighted by Gasteiger charge is 2.29. The summed E-state index contributed by atoms with van der Waals surface area (Å²) in [6.45, 7) is 2.69. The second-order valence-electron chi connectivity index (χ2n) is 8.65. The van der Waals surface area contributed by atoms with E-state index in [1.165, 1.54) is 16.4 Å². The molecule has 2 fully saturated rings. The van der Waals surface area contributed by atoms with Gasteiger partial charge in [-0.05, 0) is 43.2 Å². The zero-order valence-corrected chi connectivity index (χ0v) is 20.1. The first kappa shape index (κ1) is 23.5. The van der Waals surface area contributed by atoms with Gasteiger partial charge in [-0.25, -0.2) is 8.42 Å². The summed E-state index contributed by atoms with van der Waals surface area (Å²) in [7, 11) is -3.69. The second-order valence-corrected chi connectivity index (χ2v) is 10.6. The number of sulfonamides is 1. The molecule has 184 valence electrons. The third-order valence-electron chi connectivity index (χ3n) is 6.38. The van der Waals surface area contributed by atoms with Crippen molar-refractivity contribution in [1.82, 2.24) is 9.21 Å². The number of fused-ring (bicyclic) bond motifs is 1. The lowest BCUT2D eigenvalue weighted by molar-refractivity contribution is 0.0285. The summed E-state index contributed by atoms with van der Waals surface area (Å²) < 4.78 is 38.8. The Morgan fingerprint density at radius 3 is 2.40 bits per heavy atom. The molecule has 35 heavy (non-hydrogen) atoms. The molecule has 3 heterocycles. The van der Waals surface area contributed by atoms with E-state index in [1.54, 1.807) is 41.3 Å². The number of nitrogens with one attached hydrogen (secondary N) is 1. The van der Waals surface area contributed by atoms with Crippen LogP contribution in [-0.2, 0) is 14.8 Å². The number of para-hydroxylation sites is 1. The van der Waals surface area contributed by atoms with Crippen molar-refractivity contribution in [1.29, 1.82) is 0 Å². The number of carbonyl (C=O) groups is 2. The summed E-state index contributed by atoms with van der Waals surface area (Å²) in [5.41, 5.74) is 0.922. The van der Waals surface area contributed by atoms with Crippen LogP contribution < -0.4 is 5.32 Å². The van der Waals surface area contributed by atoms with Crippen molar-refractivity contribution >= 4 is 38.5 Å². The van der Waals surface area contributed by atoms with Gasteiger partial charge in [0.15, 0.2) is 0 Å². The Bertz CT molecular complexity index is 1350. The molecular formula is C25H27N3O6S. The summed E-state index contributed by atoms with van der Waals surface area (Å²) in [5.74, 6) is -0.817. The van der Waals surface area contributed by atoms with Crippen molar-refractivity contribution < 1.29 is 27.2 Å². The molecule has 0 saturated carbocycles. The van der Waals surface area contributed by atoms with E-state index < -0.39 is 15.9 Å². The molecule has 0 bridgehead atoms. The second kappa shape index (κ2) is 9.80. The van der Waals surface area contributed by atoms with Crippen LogP contribution in [-0.4, -0.2) is 68.8 Å². The van der Waals surface area contributed by atoms with Crippen molar-refractivity contribution in [3.63, 3.8) is 0 Å². The van der Waals surface area contributed by atoms with Crippen molar-refractivity contribution in [3.05, 3.63) is 59.9 Å². The molecule has 0 aliphatic carbocycles. The van der Waals surface area contributed by atoms with E-state index >= 15 is 0 Å². The molecule has 1 N–H and O–H groups in total. The lowest BCUT2D eigenvalue weighted by Gasteiger charge is -2.26. The van der Waals surface area contributed by atoms with E-state index in [2.05, 4.69) is 5.32 Å². The number of furan rings is 1. The molecule has 2 aliphatic heterocycles. The molecule has 2 aromatic carbocycles. The van der Waals surface area contributed by atoms with Gasteiger partial charge in [0, 0.05) is 37.1 Å². The van der Waals surface area contributed by atoms with E-state index in [1.807, 2.05) is 0 Å². The van der Waals surface area contributed by atoms with Gasteiger partial charge in [0.2, 0.25) is 15.8 Å². The molecule has 0 unspecified atom stereocenters. The molecule has 5 rings (SSSR count). The third-order valence-corrected chi connectivity index (χ3v) is 8.27. The normalized spacial score (nSPS) is 17.4. The summed E-state index contributed by atoms with van der Waals surface area (Å²) in [6, 6.07) is 13.1. The van der Waals surface area contributed by atoms with Crippen molar-refractivity contribution in [2.75, 3.05) is 44.7 Å². The number of morpholine rings is 1. The third kappa shape index (κ3) is 4.69. The first-order chi connectivity index (χ1) is 16.9. The predicted octanol–water partition coefficient (Wildman–Crippen LogP) is 3.33. The Morgan fingerprint density at radius 1 is 0.886 bits per heavy atom. The number of hydrogen-bond acceptors (Lipinski definition) is 6. The number of hydrogen-bond donors (Lipinski definition) is 1. The molecule has 2 saturated heterocycles. The number of anilines is 1. The minimum Gasteiger partial charge on any atom is -0.449 e. The standard InChI is InChI=1S/C25H27N3O6S/c29-24(18-7-6-8-19(17-18)35(31,32)28-11-4-1-5-12-28)26-22-20-9-2-3-10-21(20)34-23(22)25(30)27-13-15-33-16-14-27/h2-3,6-10,17H,1,4-5,11-16H2,(H,26,29). The quantitative estimate of drug-likeness (QED) is 0.579. The Kier molecular flexibility index (Phi) is 6.59. The molecule has 9 nitrogen and oxygen atoms in total. The number of rotatable bonds is 5. The highest BCUT2D eigenvalue weighted by Crippen LogP contribution is 2.32. The maximum atomic E-state index is 13.3. The predicted molar refractivity (Wildman–Crippen MR) is 130 cm³/mol. The van der Waals surface area contributed by atoms with Gasteiger partial charge in [-0.1, -0.05) is 24.6 Å². The Morgan fingerprint density at radius 2 is 1.63 bits per heavy atom. The highest BCUT2D eigenvalue weighted by molar-refractivity contribution is 7.89. The number of benzene rings is 2. The van der Waals surface area contributed by atoms with Gasteiger partial charge in [0.05, 0.1) is 18.1 Å². The van der Waals surface area contributed by atoms with Crippen molar-refractivity contribution in [3.8, 4) is 0 Å². The summed E-state index contributed by atoms with van der Waals surface area (Å²) >= 11 is 0. The van der Waals surface area contributed by atoms with Crippen LogP contribution >= 0.6 is 0 Å². The van der Waals surface area contributed by atoms with Crippen molar-refractivity contribution in [2.45, 2.75) is 24.2 Å². The van der Waals surface area contributed by atoms with Gasteiger partial charge in [-0.15, -0.1) is 0 Å². The fourth-order valence-corrected chi connectivity index (χ4v) is 6.03. The SMILES string of the molecule is O=C(Nc1c(C(=O)N2CCOCC2)oc2ccccc12)c1cccc(S(=O)(=O)N2CCCCC2)c1. The molecule has 0 spiro atoms. The first-order valence-corrected chi connectivity index (χ1v) is 13.2. The van der Waals surface area contributed by atoms with Crippen LogP contribution in [0.3, 0.4) is 0 Å². The number of carbonyl (C=O) groups excluding carboxylic acids is 2. The topological polar surface area (TPSA) is 109 Å². The van der Waals surface area contributed by atoms with Crippen LogP contribution in [0.2, 0.25) is 0 Å². The van der Waals surface area contributed by atoms with Crippen LogP contribution in [0.5, 0.6) is 0 Å². The highest BCUT2D eigenvalue weighted by atomic mass is 32.2. The maximum absolute atomic E-state index is 13.3. The summed E-state index contributed by atoms with van der Waals surface area (Å²) in [6.07, 6.45) is 2.67. The van der Waals surface area contributed by atoms with Gasteiger partial charge >= 0.3 is 0 Å². The monoisotopic (exact) mass is 497 g/mol. The molecule has 10 heteroatoms. The fourth-order valence-electron chi connectivity index (χ4n) is 4.47. The molecule has 2 aliphatic rings. The smallest absolute Gasteiger partial charge is 0.291 e. The number of ether oxygens (including phenoxy) is 1. The van der Waals surface area contributed by atoms with E-state index in [0.717, 1.165) is 19.3 Å². The van der Waals surface area contributed by atoms with Gasteiger partial charge in [-0.2, -0.15) is 4.31 Å². The van der Waals surface area contributed by atoms with Crippen LogP contribution in [0.25, 0.3) is 11.0 Å². The summed E-state index contributed by atoms with van der Waals surface area (Å²) in [5, 5.41) is 3.40. The maximum Gasteiger partial charge on any atom is 0.291 e. The zero-order chi connectivity index (χ0) is 24.4. The Balaban J connectivity index is 1.45. The van der Waals surface area contributed by atoms with E-state index in [-0.39, 0.29) is 27.8 Å². The van der Waals surface area contributed by atoms with Crippen molar-refractivity contribution in [2.24, 2.45) is 0 Å². The van der Waals surface area contributed by atoms with Crippen LogP contribution in [0.1, 0.15) is 40.2 Å². The average Bonchev–Trinajstić information content (AvgIpc) is 3.27. The zero-order valence-electron chi connectivity index (χ0n) is 19.2. The molecule has 1 aromatic heterocycles. The van der Waals surface area contributed by atoms with E-state index in [4.69, 9.17) is 9.15 Å². The number of amides is 2. The van der Waals surface area contributed by atoms with Crippen LogP contribution in [0.4, 0.5) is 5.69 Å². The largest absolute Gasteiger partial charge is 0.449 e. The minimum absolute atomic E-state index is 0.0403. The molecule has 0 radical (unpaired) electrons. The van der Waals surface area contributed by atoms with E-state index in [0.29, 0.717) is 50.4 Å². The van der Waals surface area contributed by atoms with E-state index in [9.17, 15) is 18.0 Å². The molecule has 3 aromatic rings. The lowest BCUT2D eigenvalue weighted by Crippen LogP contribution is -2.40. The van der Waals surface area contributed by atoms with Gasteiger partial charge in [0.1, 0.15) is 11.3 Å². The van der Waals surface area contributed by atoms with Gasteiger partial charge in [0.25, 0.3) is 11.8 Å². The van der Waals surface area contributed by atoms with Crippen LogP contribution in [0, 0.1) is 0 Å². The van der Waals surface area contributed by atoms with Gasteiger partial charge < -0.3 is 19.4 Å². The van der Waals surface area contributed by atoms with Crippen LogP contribution in [0.15, 0.2) is 57.8 Å².